The molecule has 0 heterocycles. The lowest BCUT2D eigenvalue weighted by Crippen LogP contribution is -2.54. The third kappa shape index (κ3) is 6.99. The fraction of sp³-hybridized carbons (Fsp3) is 0.500. The number of carboxylic acids is 1. The number of carbonyl (C=O) groups is 1. The Hall–Kier alpha value is -4.32. The summed E-state index contributed by atoms with van der Waals surface area (Å²) in [6, 6.07) is 10.8. The second kappa shape index (κ2) is 15.7. The summed E-state index contributed by atoms with van der Waals surface area (Å²) in [5.41, 5.74) is -0.394. The Bertz CT molecular complexity index is 1410. The molecule has 272 valence electrons. The van der Waals surface area contributed by atoms with Crippen molar-refractivity contribution in [1.29, 1.82) is 0 Å². The highest BCUT2D eigenvalue weighted by molar-refractivity contribution is 7.97. The monoisotopic (exact) mass is 712 g/mol. The molecule has 0 aromatic heterocycles. The fourth-order valence-electron chi connectivity index (χ4n) is 8.19. The van der Waals surface area contributed by atoms with Crippen LogP contribution in [0.25, 0.3) is 0 Å². The maximum absolute atomic E-state index is 11.1. The van der Waals surface area contributed by atoms with Gasteiger partial charge >= 0.3 is 0 Å². The molecule has 4 aliphatic rings. The molecule has 4 fully saturated rings. The summed E-state index contributed by atoms with van der Waals surface area (Å²) in [5, 5.41) is 11.1. The van der Waals surface area contributed by atoms with Gasteiger partial charge in [0.25, 0.3) is 14.7 Å². The topological polar surface area (TPSA) is 123 Å². The Morgan fingerprint density at radius 1 is 0.500 bits per heavy atom. The summed E-state index contributed by atoms with van der Waals surface area (Å²) in [6.45, 7) is 0. The molecule has 12 heteroatoms. The van der Waals surface area contributed by atoms with Gasteiger partial charge < -0.3 is 52.5 Å². The van der Waals surface area contributed by atoms with Crippen molar-refractivity contribution in [3.63, 3.8) is 0 Å². The van der Waals surface area contributed by atoms with Crippen LogP contribution in [0.15, 0.2) is 51.1 Å². The van der Waals surface area contributed by atoms with Crippen molar-refractivity contribution < 1.29 is 52.5 Å². The van der Waals surface area contributed by atoms with Crippen LogP contribution in [0.2, 0.25) is 0 Å². The highest BCUT2D eigenvalue weighted by atomic mass is 32.2. The van der Waals surface area contributed by atoms with E-state index >= 15 is 0 Å². The van der Waals surface area contributed by atoms with Gasteiger partial charge in [0.1, 0.15) is 28.1 Å². The SMILES string of the molecule is COc1cc(OC)c([S+](c2c(OC)cc(OC)cc2OC)c2c(OC)cc(OC)cc2OC)c(OC)c1.O=C([O-])C12CC3CC(CC(C3)C1)C2. The van der Waals surface area contributed by atoms with Crippen LogP contribution in [0.5, 0.6) is 51.7 Å². The Labute approximate surface area is 297 Å². The quantitative estimate of drug-likeness (QED) is 0.200. The van der Waals surface area contributed by atoms with Crippen molar-refractivity contribution in [3.8, 4) is 51.7 Å². The third-order valence-corrected chi connectivity index (χ3v) is 12.5. The standard InChI is InChI=1S/C27H33O9S.C11H16O2/c1-28-16-10-19(31-4)25(20(11-16)32-5)37(26-21(33-6)12-17(29-2)13-22(26)34-7)27-23(35-8)14-18(30-3)15-24(27)36-9;12-10(13)11-4-7-1-8(5-11)3-9(2-7)6-11/h10-15H,1-9H3;7-9H,1-6H2,(H,12,13)/q+1;/p-1. The van der Waals surface area contributed by atoms with E-state index in [1.54, 1.807) is 100 Å². The van der Waals surface area contributed by atoms with Crippen LogP contribution < -0.4 is 47.7 Å². The lowest BCUT2D eigenvalue weighted by atomic mass is 9.49. The molecule has 3 aromatic rings. The normalized spacial score (nSPS) is 21.4. The van der Waals surface area contributed by atoms with Crippen LogP contribution in [0.4, 0.5) is 0 Å². The van der Waals surface area contributed by atoms with Crippen molar-refractivity contribution in [3.05, 3.63) is 36.4 Å². The molecule has 7 rings (SSSR count). The molecule has 4 bridgehead atoms. The zero-order valence-electron chi connectivity index (χ0n) is 30.3. The van der Waals surface area contributed by atoms with Crippen molar-refractivity contribution in [2.24, 2.45) is 23.2 Å². The summed E-state index contributed by atoms with van der Waals surface area (Å²) in [6.07, 6.45) is 6.65. The van der Waals surface area contributed by atoms with Crippen LogP contribution in [0.1, 0.15) is 38.5 Å². The summed E-state index contributed by atoms with van der Waals surface area (Å²) in [4.78, 5) is 13.3. The van der Waals surface area contributed by atoms with E-state index in [0.717, 1.165) is 19.3 Å². The number of rotatable bonds is 13. The fourth-order valence-corrected chi connectivity index (χ4v) is 10.9. The first-order valence-corrected chi connectivity index (χ1v) is 17.7. The van der Waals surface area contributed by atoms with Gasteiger partial charge in [-0.25, -0.2) is 0 Å². The predicted molar refractivity (Wildman–Crippen MR) is 186 cm³/mol. The number of aliphatic carboxylic acids is 1. The summed E-state index contributed by atoms with van der Waals surface area (Å²) in [5.74, 6) is 6.26. The van der Waals surface area contributed by atoms with Gasteiger partial charge in [-0.15, -0.1) is 0 Å². The third-order valence-electron chi connectivity index (χ3n) is 10.1. The highest BCUT2D eigenvalue weighted by Crippen LogP contribution is 2.60. The lowest BCUT2D eigenvalue weighted by Gasteiger charge is -2.57. The molecule has 0 radical (unpaired) electrons. The van der Waals surface area contributed by atoms with Crippen LogP contribution in [0.3, 0.4) is 0 Å². The van der Waals surface area contributed by atoms with Gasteiger partial charge in [-0.1, -0.05) is 0 Å². The van der Waals surface area contributed by atoms with Crippen LogP contribution in [0, 0.1) is 23.2 Å². The van der Waals surface area contributed by atoms with E-state index in [9.17, 15) is 9.90 Å². The van der Waals surface area contributed by atoms with E-state index in [-0.39, 0.29) is 0 Å². The summed E-state index contributed by atoms with van der Waals surface area (Å²) >= 11 is 0. The highest BCUT2D eigenvalue weighted by Gasteiger charge is 2.51. The molecule has 0 spiro atoms. The van der Waals surface area contributed by atoms with Gasteiger partial charge in [0, 0.05) is 47.8 Å². The number of methoxy groups -OCH3 is 9. The molecule has 4 saturated carbocycles. The van der Waals surface area contributed by atoms with E-state index in [1.807, 2.05) is 0 Å². The number of benzene rings is 3. The van der Waals surface area contributed by atoms with Crippen molar-refractivity contribution in [1.82, 2.24) is 0 Å². The zero-order chi connectivity index (χ0) is 36.2. The van der Waals surface area contributed by atoms with Gasteiger partial charge in [-0.3, -0.25) is 0 Å². The maximum atomic E-state index is 11.1. The molecule has 3 aromatic carbocycles. The smallest absolute Gasteiger partial charge is 0.250 e. The largest absolute Gasteiger partial charge is 0.550 e. The molecular weight excluding hydrogens is 664 g/mol. The molecule has 0 N–H and O–H groups in total. The molecule has 0 amide bonds. The minimum atomic E-state index is -1.03. The molecule has 0 atom stereocenters. The Morgan fingerprint density at radius 3 is 0.920 bits per heavy atom. The molecule has 50 heavy (non-hydrogen) atoms. The van der Waals surface area contributed by atoms with Gasteiger partial charge in [0.15, 0.2) is 34.5 Å². The number of hydrogen-bond acceptors (Lipinski definition) is 11. The minimum absolute atomic E-state index is 0.394. The van der Waals surface area contributed by atoms with E-state index < -0.39 is 22.3 Å². The van der Waals surface area contributed by atoms with E-state index in [4.69, 9.17) is 42.6 Å². The maximum Gasteiger partial charge on any atom is 0.250 e. The number of hydrogen-bond donors (Lipinski definition) is 0. The summed E-state index contributed by atoms with van der Waals surface area (Å²) < 4.78 is 51.7. The minimum Gasteiger partial charge on any atom is -0.550 e. The van der Waals surface area contributed by atoms with Gasteiger partial charge in [-0.05, 0) is 56.3 Å². The van der Waals surface area contributed by atoms with Crippen LogP contribution in [-0.2, 0) is 15.7 Å². The lowest BCUT2D eigenvalue weighted by molar-refractivity contribution is -0.327. The van der Waals surface area contributed by atoms with E-state index in [2.05, 4.69) is 0 Å². The predicted octanol–water partition coefficient (Wildman–Crippen LogP) is 5.81. The first kappa shape index (κ1) is 36.9. The Kier molecular flexibility index (Phi) is 11.6. The average Bonchev–Trinajstić information content (AvgIpc) is 3.13. The molecule has 0 unspecified atom stereocenters. The number of carboxylic acid groups (broad SMARTS) is 1. The van der Waals surface area contributed by atoms with E-state index in [1.165, 1.54) is 19.3 Å². The van der Waals surface area contributed by atoms with Crippen LogP contribution in [-0.4, -0.2) is 70.0 Å². The molecule has 4 aliphatic carbocycles. The van der Waals surface area contributed by atoms with Crippen molar-refractivity contribution in [2.45, 2.75) is 53.2 Å². The van der Waals surface area contributed by atoms with Gasteiger partial charge in [0.2, 0.25) is 0 Å². The second-order valence-corrected chi connectivity index (χ2v) is 14.7. The second-order valence-electron chi connectivity index (χ2n) is 12.9. The van der Waals surface area contributed by atoms with E-state index in [0.29, 0.717) is 84.2 Å². The van der Waals surface area contributed by atoms with Crippen LogP contribution >= 0.6 is 0 Å². The summed E-state index contributed by atoms with van der Waals surface area (Å²) in [7, 11) is 13.2. The Morgan fingerprint density at radius 2 is 0.740 bits per heavy atom. The first-order valence-electron chi connectivity index (χ1n) is 16.5. The van der Waals surface area contributed by atoms with Gasteiger partial charge in [0.05, 0.1) is 64.0 Å². The molecular formula is C38H48O11S. The molecule has 0 aliphatic heterocycles. The number of carbonyl (C=O) groups excluding carboxylic acids is 1. The zero-order valence-corrected chi connectivity index (χ0v) is 31.2. The molecule has 11 nitrogen and oxygen atoms in total. The average molecular weight is 713 g/mol. The Balaban J connectivity index is 0.000000306. The van der Waals surface area contributed by atoms with Crippen molar-refractivity contribution >= 4 is 16.9 Å². The van der Waals surface area contributed by atoms with Crippen molar-refractivity contribution in [2.75, 3.05) is 64.0 Å². The van der Waals surface area contributed by atoms with Gasteiger partial charge in [-0.2, -0.15) is 0 Å². The molecule has 0 saturated heterocycles. The number of ether oxygens (including phenoxy) is 9. The first-order chi connectivity index (χ1) is 24.1.